The van der Waals surface area contributed by atoms with E-state index in [-0.39, 0.29) is 28.8 Å². The van der Waals surface area contributed by atoms with Crippen LogP contribution >= 0.6 is 0 Å². The highest BCUT2D eigenvalue weighted by Crippen LogP contribution is 2.67. The van der Waals surface area contributed by atoms with Crippen molar-refractivity contribution in [1.29, 1.82) is 0 Å². The zero-order valence-corrected chi connectivity index (χ0v) is 20.8. The Hall–Kier alpha value is -0.680. The van der Waals surface area contributed by atoms with E-state index in [2.05, 4.69) is 40.3 Å². The second-order valence-corrected chi connectivity index (χ2v) is 12.7. The molecule has 3 fully saturated rings. The van der Waals surface area contributed by atoms with Gasteiger partial charge in [0.05, 0.1) is 23.9 Å². The Balaban J connectivity index is 1.61. The van der Waals surface area contributed by atoms with E-state index < -0.39 is 17.8 Å². The number of allylic oxidation sites excluding steroid dienone is 1. The summed E-state index contributed by atoms with van der Waals surface area (Å²) in [5, 5.41) is 44.3. The lowest BCUT2D eigenvalue weighted by Gasteiger charge is -2.59. The number of rotatable bonds is 5. The molecule has 4 rings (SSSR count). The minimum absolute atomic E-state index is 0.156. The van der Waals surface area contributed by atoms with Crippen LogP contribution < -0.4 is 0 Å². The van der Waals surface area contributed by atoms with Crippen molar-refractivity contribution in [2.24, 2.45) is 40.4 Å². The lowest BCUT2D eigenvalue weighted by atomic mass is 9.46. The molecule has 3 saturated carbocycles. The van der Waals surface area contributed by atoms with Crippen LogP contribution in [0.2, 0.25) is 0 Å². The molecule has 0 spiro atoms. The second kappa shape index (κ2) is 8.22. The zero-order valence-electron chi connectivity index (χ0n) is 20.8. The Morgan fingerprint density at radius 2 is 1.88 bits per heavy atom. The SMILES string of the molecule is C=C(CC(O)C(C)(O)C1C(O)CC2C3CC=C4CC(O)CCC4(C)C3CCC21C)C(C)C. The zero-order chi connectivity index (χ0) is 23.6. The molecule has 4 N–H and O–H groups in total. The predicted octanol–water partition coefficient (Wildman–Crippen LogP) is 4.61. The maximum absolute atomic E-state index is 11.7. The second-order valence-electron chi connectivity index (χ2n) is 12.7. The van der Waals surface area contributed by atoms with Gasteiger partial charge in [-0.2, -0.15) is 0 Å². The van der Waals surface area contributed by atoms with Crippen molar-refractivity contribution in [2.75, 3.05) is 0 Å². The first-order valence-electron chi connectivity index (χ1n) is 13.0. The van der Waals surface area contributed by atoms with Crippen LogP contribution in [0.25, 0.3) is 0 Å². The van der Waals surface area contributed by atoms with E-state index in [0.717, 1.165) is 44.1 Å². The van der Waals surface area contributed by atoms with Gasteiger partial charge in [0.15, 0.2) is 0 Å². The summed E-state index contributed by atoms with van der Waals surface area (Å²) in [4.78, 5) is 0. The molecule has 10 unspecified atom stereocenters. The van der Waals surface area contributed by atoms with Crippen LogP contribution in [-0.2, 0) is 0 Å². The fraction of sp³-hybridized carbons (Fsp3) is 0.857. The van der Waals surface area contributed by atoms with Gasteiger partial charge < -0.3 is 20.4 Å². The summed E-state index contributed by atoms with van der Waals surface area (Å²) < 4.78 is 0. The highest BCUT2D eigenvalue weighted by Gasteiger charge is 2.65. The molecule has 0 aromatic rings. The minimum atomic E-state index is -1.36. The van der Waals surface area contributed by atoms with Crippen LogP contribution in [0.15, 0.2) is 23.8 Å². The largest absolute Gasteiger partial charge is 0.393 e. The van der Waals surface area contributed by atoms with Crippen LogP contribution in [0, 0.1) is 40.4 Å². The highest BCUT2D eigenvalue weighted by molar-refractivity contribution is 5.26. The molecule has 0 saturated heterocycles. The first kappa shape index (κ1) is 24.4. The molecule has 182 valence electrons. The van der Waals surface area contributed by atoms with E-state index in [1.807, 2.05) is 0 Å². The average Bonchev–Trinajstić information content (AvgIpc) is 2.98. The first-order valence-corrected chi connectivity index (χ1v) is 13.0. The molecule has 4 aliphatic carbocycles. The molecule has 0 aliphatic heterocycles. The standard InChI is InChI=1S/C28H46O4/c1-16(2)17(3)13-24(31)28(6,32)25-23(30)15-22-20-8-7-18-14-19(29)9-11-26(18,4)21(20)10-12-27(22,25)5/h7,16,19-25,29-32H,3,8-15H2,1-2,4-6H3. The maximum atomic E-state index is 11.7. The van der Waals surface area contributed by atoms with Gasteiger partial charge in [-0.3, -0.25) is 0 Å². The minimum Gasteiger partial charge on any atom is -0.393 e. The molecule has 0 bridgehead atoms. The van der Waals surface area contributed by atoms with Crippen molar-refractivity contribution in [3.05, 3.63) is 23.8 Å². The Labute approximate surface area is 194 Å². The summed E-state index contributed by atoms with van der Waals surface area (Å²) in [7, 11) is 0. The number of hydrogen-bond donors (Lipinski definition) is 4. The molecular formula is C28H46O4. The summed E-state index contributed by atoms with van der Waals surface area (Å²) in [5.41, 5.74) is 0.991. The van der Waals surface area contributed by atoms with Gasteiger partial charge in [0.1, 0.15) is 0 Å². The lowest BCUT2D eigenvalue weighted by molar-refractivity contribution is -0.166. The predicted molar refractivity (Wildman–Crippen MR) is 128 cm³/mol. The Morgan fingerprint density at radius 1 is 1.19 bits per heavy atom. The Kier molecular flexibility index (Phi) is 6.28. The molecular weight excluding hydrogens is 400 g/mol. The third-order valence-corrected chi connectivity index (χ3v) is 10.7. The Bertz CT molecular complexity index is 769. The average molecular weight is 447 g/mol. The maximum Gasteiger partial charge on any atom is 0.0938 e. The molecule has 0 radical (unpaired) electrons. The van der Waals surface area contributed by atoms with Gasteiger partial charge in [-0.1, -0.05) is 51.5 Å². The van der Waals surface area contributed by atoms with Gasteiger partial charge in [-0.15, -0.1) is 0 Å². The number of hydrogen-bond acceptors (Lipinski definition) is 4. The van der Waals surface area contributed by atoms with E-state index in [4.69, 9.17) is 0 Å². The lowest BCUT2D eigenvalue weighted by Crippen LogP contribution is -2.57. The van der Waals surface area contributed by atoms with E-state index in [9.17, 15) is 20.4 Å². The molecule has 0 amide bonds. The van der Waals surface area contributed by atoms with Crippen LogP contribution in [0.4, 0.5) is 0 Å². The highest BCUT2D eigenvalue weighted by atomic mass is 16.3. The van der Waals surface area contributed by atoms with Gasteiger partial charge >= 0.3 is 0 Å². The number of fused-ring (bicyclic) bond motifs is 5. The fourth-order valence-electron chi connectivity index (χ4n) is 8.61. The van der Waals surface area contributed by atoms with E-state index in [0.29, 0.717) is 30.6 Å². The van der Waals surface area contributed by atoms with Gasteiger partial charge in [0.2, 0.25) is 0 Å². The molecule has 32 heavy (non-hydrogen) atoms. The van der Waals surface area contributed by atoms with Crippen molar-refractivity contribution < 1.29 is 20.4 Å². The van der Waals surface area contributed by atoms with E-state index in [1.165, 1.54) is 5.57 Å². The molecule has 0 aromatic heterocycles. The summed E-state index contributed by atoms with van der Waals surface area (Å²) in [6, 6.07) is 0. The molecule has 0 heterocycles. The quantitative estimate of drug-likeness (QED) is 0.465. The van der Waals surface area contributed by atoms with Gasteiger partial charge in [0.25, 0.3) is 0 Å². The smallest absolute Gasteiger partial charge is 0.0938 e. The van der Waals surface area contributed by atoms with Crippen LogP contribution in [-0.4, -0.2) is 44.3 Å². The van der Waals surface area contributed by atoms with Crippen LogP contribution in [0.5, 0.6) is 0 Å². The van der Waals surface area contributed by atoms with Crippen LogP contribution in [0.1, 0.15) is 86.0 Å². The van der Waals surface area contributed by atoms with Crippen molar-refractivity contribution >= 4 is 0 Å². The molecule has 10 atom stereocenters. The monoisotopic (exact) mass is 446 g/mol. The van der Waals surface area contributed by atoms with E-state index >= 15 is 0 Å². The third-order valence-electron chi connectivity index (χ3n) is 10.7. The number of aliphatic hydroxyl groups excluding tert-OH is 3. The van der Waals surface area contributed by atoms with E-state index in [1.54, 1.807) is 6.92 Å². The van der Waals surface area contributed by atoms with Gasteiger partial charge in [0, 0.05) is 5.92 Å². The van der Waals surface area contributed by atoms with Crippen molar-refractivity contribution in [3.8, 4) is 0 Å². The van der Waals surface area contributed by atoms with Crippen LogP contribution in [0.3, 0.4) is 0 Å². The molecule has 4 nitrogen and oxygen atoms in total. The van der Waals surface area contributed by atoms with Crippen molar-refractivity contribution in [3.63, 3.8) is 0 Å². The molecule has 4 aliphatic rings. The fourth-order valence-corrected chi connectivity index (χ4v) is 8.61. The Morgan fingerprint density at radius 3 is 2.53 bits per heavy atom. The summed E-state index contributed by atoms with van der Waals surface area (Å²) >= 11 is 0. The molecule has 4 heteroatoms. The molecule has 0 aromatic carbocycles. The third kappa shape index (κ3) is 3.65. The summed E-state index contributed by atoms with van der Waals surface area (Å²) in [6.07, 6.45) is 7.55. The van der Waals surface area contributed by atoms with Crippen molar-refractivity contribution in [2.45, 2.75) is 110 Å². The normalized spacial score (nSPS) is 46.5. The first-order chi connectivity index (χ1) is 14.8. The topological polar surface area (TPSA) is 80.9 Å². The summed E-state index contributed by atoms with van der Waals surface area (Å²) in [6.45, 7) is 14.6. The van der Waals surface area contributed by atoms with Gasteiger partial charge in [-0.05, 0) is 92.8 Å². The number of aliphatic hydroxyl groups is 4. The van der Waals surface area contributed by atoms with Crippen molar-refractivity contribution in [1.82, 2.24) is 0 Å². The summed E-state index contributed by atoms with van der Waals surface area (Å²) in [5.74, 6) is 1.33. The van der Waals surface area contributed by atoms with Gasteiger partial charge in [-0.25, -0.2) is 0 Å².